The Morgan fingerprint density at radius 1 is 1.27 bits per heavy atom. The third kappa shape index (κ3) is 3.03. The summed E-state index contributed by atoms with van der Waals surface area (Å²) in [6.07, 6.45) is 1.70. The highest BCUT2D eigenvalue weighted by atomic mass is 79.9. The third-order valence-corrected chi connectivity index (χ3v) is 4.07. The minimum absolute atomic E-state index is 0.563. The van der Waals surface area contributed by atoms with Crippen molar-refractivity contribution in [1.82, 2.24) is 4.98 Å². The van der Waals surface area contributed by atoms with Gasteiger partial charge in [-0.15, -0.1) is 11.3 Å². The fraction of sp³-hybridized carbons (Fsp3) is 0.100. The second-order valence-electron chi connectivity index (χ2n) is 2.82. The van der Waals surface area contributed by atoms with Crippen LogP contribution in [0.2, 0.25) is 0 Å². The fourth-order valence-corrected chi connectivity index (χ4v) is 2.47. The number of hydrogen-bond acceptors (Lipinski definition) is 3. The molecule has 0 unspecified atom stereocenters. The molecule has 0 aliphatic rings. The molecule has 0 radical (unpaired) electrons. The van der Waals surface area contributed by atoms with E-state index in [9.17, 15) is 0 Å². The number of nitrogens with zero attached hydrogens (tertiary/aromatic N) is 1. The Labute approximate surface area is 109 Å². The molecular formula is C10H7Br2NOS. The molecule has 0 aliphatic heterocycles. The Hall–Kier alpha value is -0.390. The lowest BCUT2D eigenvalue weighted by Gasteiger charge is -2.04. The van der Waals surface area contributed by atoms with Gasteiger partial charge in [-0.05, 0) is 55.4 Å². The molecule has 0 saturated heterocycles. The van der Waals surface area contributed by atoms with Crippen LogP contribution in [0.15, 0.2) is 38.2 Å². The van der Waals surface area contributed by atoms with Crippen molar-refractivity contribution in [1.29, 1.82) is 0 Å². The molecule has 0 N–H and O–H groups in total. The summed E-state index contributed by atoms with van der Waals surface area (Å²) in [7, 11) is 0. The molecule has 15 heavy (non-hydrogen) atoms. The van der Waals surface area contributed by atoms with Gasteiger partial charge in [0.1, 0.15) is 17.0 Å². The standard InChI is InChI=1S/C10H7Br2NOS/c11-9-2-1-8(5-13-9)14-6-7-3-4-15-10(7)12/h1-5H,6H2. The van der Waals surface area contributed by atoms with Gasteiger partial charge in [-0.3, -0.25) is 0 Å². The number of pyridine rings is 1. The summed E-state index contributed by atoms with van der Waals surface area (Å²) in [5, 5.41) is 2.03. The smallest absolute Gasteiger partial charge is 0.138 e. The number of rotatable bonds is 3. The number of aromatic nitrogens is 1. The molecule has 0 amide bonds. The van der Waals surface area contributed by atoms with Crippen molar-refractivity contribution in [3.8, 4) is 5.75 Å². The highest BCUT2D eigenvalue weighted by Gasteiger charge is 2.02. The van der Waals surface area contributed by atoms with Crippen LogP contribution in [-0.4, -0.2) is 4.98 Å². The molecule has 0 aliphatic carbocycles. The zero-order valence-corrected chi connectivity index (χ0v) is 11.6. The second kappa shape index (κ2) is 5.09. The quantitative estimate of drug-likeness (QED) is 0.773. The molecule has 0 spiro atoms. The van der Waals surface area contributed by atoms with E-state index in [1.807, 2.05) is 23.6 Å². The van der Waals surface area contributed by atoms with Crippen LogP contribution >= 0.6 is 43.2 Å². The van der Waals surface area contributed by atoms with Crippen molar-refractivity contribution < 1.29 is 4.74 Å². The topological polar surface area (TPSA) is 22.1 Å². The molecule has 2 aromatic rings. The monoisotopic (exact) mass is 347 g/mol. The van der Waals surface area contributed by atoms with Crippen molar-refractivity contribution >= 4 is 43.2 Å². The lowest BCUT2D eigenvalue weighted by Crippen LogP contribution is -1.94. The Morgan fingerprint density at radius 2 is 2.13 bits per heavy atom. The van der Waals surface area contributed by atoms with E-state index in [0.717, 1.165) is 19.7 Å². The van der Waals surface area contributed by atoms with Gasteiger partial charge in [0.05, 0.1) is 9.98 Å². The SMILES string of the molecule is Brc1ccc(OCc2ccsc2Br)cn1. The molecule has 2 heterocycles. The van der Waals surface area contributed by atoms with E-state index in [0.29, 0.717) is 6.61 Å². The van der Waals surface area contributed by atoms with Crippen LogP contribution in [0.4, 0.5) is 0 Å². The summed E-state index contributed by atoms with van der Waals surface area (Å²) < 4.78 is 7.51. The van der Waals surface area contributed by atoms with Gasteiger partial charge in [-0.25, -0.2) is 4.98 Å². The van der Waals surface area contributed by atoms with Crippen LogP contribution in [0.25, 0.3) is 0 Å². The van der Waals surface area contributed by atoms with Gasteiger partial charge >= 0.3 is 0 Å². The van der Waals surface area contributed by atoms with E-state index >= 15 is 0 Å². The maximum absolute atomic E-state index is 5.58. The first kappa shape index (κ1) is 11.1. The molecule has 78 valence electrons. The fourth-order valence-electron chi connectivity index (χ4n) is 1.03. The Morgan fingerprint density at radius 3 is 2.73 bits per heavy atom. The van der Waals surface area contributed by atoms with E-state index in [1.54, 1.807) is 17.5 Å². The average molecular weight is 349 g/mol. The Bertz CT molecular complexity index is 441. The molecule has 2 nitrogen and oxygen atoms in total. The van der Waals surface area contributed by atoms with Gasteiger partial charge in [0, 0.05) is 5.56 Å². The number of ether oxygens (including phenoxy) is 1. The number of halogens is 2. The molecule has 0 bridgehead atoms. The van der Waals surface area contributed by atoms with Crippen molar-refractivity contribution in [2.24, 2.45) is 0 Å². The van der Waals surface area contributed by atoms with E-state index in [-0.39, 0.29) is 0 Å². The van der Waals surface area contributed by atoms with Gasteiger partial charge < -0.3 is 4.74 Å². The predicted molar refractivity (Wildman–Crippen MR) is 68.3 cm³/mol. The lowest BCUT2D eigenvalue weighted by molar-refractivity contribution is 0.305. The van der Waals surface area contributed by atoms with Crippen LogP contribution in [0, 0.1) is 0 Å². The highest BCUT2D eigenvalue weighted by Crippen LogP contribution is 2.24. The summed E-state index contributed by atoms with van der Waals surface area (Å²) in [5.41, 5.74) is 1.16. The molecule has 5 heteroatoms. The minimum atomic E-state index is 0.563. The van der Waals surface area contributed by atoms with Crippen LogP contribution < -0.4 is 4.74 Å². The zero-order valence-electron chi connectivity index (χ0n) is 7.61. The van der Waals surface area contributed by atoms with E-state index < -0.39 is 0 Å². The van der Waals surface area contributed by atoms with Crippen molar-refractivity contribution in [3.05, 3.63) is 43.7 Å². The Balaban J connectivity index is 1.99. The molecule has 0 fully saturated rings. The van der Waals surface area contributed by atoms with Crippen molar-refractivity contribution in [2.45, 2.75) is 6.61 Å². The van der Waals surface area contributed by atoms with E-state index in [2.05, 4.69) is 36.8 Å². The lowest BCUT2D eigenvalue weighted by atomic mass is 10.4. The zero-order chi connectivity index (χ0) is 10.7. The summed E-state index contributed by atoms with van der Waals surface area (Å²) in [6, 6.07) is 5.79. The molecular weight excluding hydrogens is 342 g/mol. The largest absolute Gasteiger partial charge is 0.487 e. The molecule has 0 saturated carbocycles. The Kier molecular flexibility index (Phi) is 3.77. The molecule has 2 rings (SSSR count). The summed E-state index contributed by atoms with van der Waals surface area (Å²) in [6.45, 7) is 0.563. The van der Waals surface area contributed by atoms with E-state index in [4.69, 9.17) is 4.74 Å². The van der Waals surface area contributed by atoms with Gasteiger partial charge in [0.2, 0.25) is 0 Å². The molecule has 0 aromatic carbocycles. The second-order valence-corrected chi connectivity index (χ2v) is 5.87. The van der Waals surface area contributed by atoms with Gasteiger partial charge in [0.25, 0.3) is 0 Å². The van der Waals surface area contributed by atoms with Gasteiger partial charge in [0.15, 0.2) is 0 Å². The minimum Gasteiger partial charge on any atom is -0.487 e. The maximum Gasteiger partial charge on any atom is 0.138 e. The summed E-state index contributed by atoms with van der Waals surface area (Å²) >= 11 is 8.40. The van der Waals surface area contributed by atoms with Crippen LogP contribution in [0.5, 0.6) is 5.75 Å². The normalized spacial score (nSPS) is 10.3. The van der Waals surface area contributed by atoms with Crippen LogP contribution in [-0.2, 0) is 6.61 Å². The summed E-state index contributed by atoms with van der Waals surface area (Å²) in [4.78, 5) is 4.08. The number of thiophene rings is 1. The predicted octanol–water partition coefficient (Wildman–Crippen LogP) is 4.25. The first-order valence-electron chi connectivity index (χ1n) is 4.22. The number of hydrogen-bond donors (Lipinski definition) is 0. The van der Waals surface area contributed by atoms with Gasteiger partial charge in [-0.2, -0.15) is 0 Å². The molecule has 2 aromatic heterocycles. The summed E-state index contributed by atoms with van der Waals surface area (Å²) in [5.74, 6) is 0.774. The first-order valence-corrected chi connectivity index (χ1v) is 6.68. The van der Waals surface area contributed by atoms with Crippen LogP contribution in [0.3, 0.4) is 0 Å². The molecule has 0 atom stereocenters. The highest BCUT2D eigenvalue weighted by molar-refractivity contribution is 9.11. The van der Waals surface area contributed by atoms with Crippen molar-refractivity contribution in [2.75, 3.05) is 0 Å². The third-order valence-electron chi connectivity index (χ3n) is 1.79. The van der Waals surface area contributed by atoms with Crippen LogP contribution in [0.1, 0.15) is 5.56 Å². The maximum atomic E-state index is 5.58. The average Bonchev–Trinajstić information content (AvgIpc) is 2.63. The van der Waals surface area contributed by atoms with E-state index in [1.165, 1.54) is 0 Å². The van der Waals surface area contributed by atoms with Crippen molar-refractivity contribution in [3.63, 3.8) is 0 Å². The van der Waals surface area contributed by atoms with Gasteiger partial charge in [-0.1, -0.05) is 0 Å². The first-order chi connectivity index (χ1) is 7.25.